The SMILES string of the molecule is CC(Nc1ncnc2c1cc(Br)c(=O)n2C)c1cc(N)cc(C(F)(F)F)c1. The number of nitrogens with zero attached hydrogens (tertiary/aromatic N) is 3. The molecule has 3 aromatic rings. The first-order valence-electron chi connectivity index (χ1n) is 7.82. The molecule has 6 nitrogen and oxygen atoms in total. The molecule has 1 unspecified atom stereocenters. The Bertz CT molecular complexity index is 1080. The molecule has 1 aromatic carbocycles. The smallest absolute Gasteiger partial charge is 0.399 e. The van der Waals surface area contributed by atoms with Crippen LogP contribution in [0.25, 0.3) is 11.0 Å². The fourth-order valence-electron chi connectivity index (χ4n) is 2.72. The van der Waals surface area contributed by atoms with Crippen LogP contribution in [0.1, 0.15) is 24.1 Å². The van der Waals surface area contributed by atoms with Crippen LogP contribution < -0.4 is 16.6 Å². The number of nitrogens with two attached hydrogens (primary N) is 1. The Morgan fingerprint density at radius 1 is 1.22 bits per heavy atom. The Hall–Kier alpha value is -2.62. The predicted molar refractivity (Wildman–Crippen MR) is 100 cm³/mol. The molecule has 0 radical (unpaired) electrons. The number of aryl methyl sites for hydroxylation is 1. The van der Waals surface area contributed by atoms with E-state index in [4.69, 9.17) is 5.73 Å². The molecule has 0 bridgehead atoms. The van der Waals surface area contributed by atoms with Crippen LogP contribution in [0.15, 0.2) is 39.9 Å². The van der Waals surface area contributed by atoms with Gasteiger partial charge in [-0.25, -0.2) is 9.97 Å². The standard InChI is InChI=1S/C17H15BrF3N5O/c1-8(9-3-10(17(19,20)21)5-11(22)4-9)25-14-12-6-13(18)16(27)26(2)15(12)24-7-23-14/h3-8H,22H2,1-2H3,(H,23,24,25). The van der Waals surface area contributed by atoms with E-state index < -0.39 is 17.8 Å². The lowest BCUT2D eigenvalue weighted by atomic mass is 10.0. The van der Waals surface area contributed by atoms with E-state index in [0.717, 1.165) is 12.1 Å². The minimum Gasteiger partial charge on any atom is -0.399 e. The van der Waals surface area contributed by atoms with Gasteiger partial charge in [-0.3, -0.25) is 9.36 Å². The highest BCUT2D eigenvalue weighted by atomic mass is 79.9. The summed E-state index contributed by atoms with van der Waals surface area (Å²) in [5.74, 6) is 0.389. The summed E-state index contributed by atoms with van der Waals surface area (Å²) in [4.78, 5) is 20.3. The minimum absolute atomic E-state index is 0.0196. The van der Waals surface area contributed by atoms with Gasteiger partial charge >= 0.3 is 6.18 Å². The first-order valence-corrected chi connectivity index (χ1v) is 8.61. The third-order valence-electron chi connectivity index (χ3n) is 4.12. The molecular weight excluding hydrogens is 427 g/mol. The van der Waals surface area contributed by atoms with Gasteiger partial charge in [0.25, 0.3) is 5.56 Å². The second-order valence-corrected chi connectivity index (χ2v) is 6.92. The maximum Gasteiger partial charge on any atom is 0.416 e. The third kappa shape index (κ3) is 3.75. The summed E-state index contributed by atoms with van der Waals surface area (Å²) >= 11 is 3.20. The molecule has 0 saturated carbocycles. The number of aromatic nitrogens is 3. The number of fused-ring (bicyclic) bond motifs is 1. The van der Waals surface area contributed by atoms with E-state index in [9.17, 15) is 18.0 Å². The first-order chi connectivity index (χ1) is 12.6. The summed E-state index contributed by atoms with van der Waals surface area (Å²) in [6, 6.07) is 4.46. The third-order valence-corrected chi connectivity index (χ3v) is 4.69. The van der Waals surface area contributed by atoms with Crippen molar-refractivity contribution in [2.75, 3.05) is 11.1 Å². The molecule has 10 heteroatoms. The molecular formula is C17H15BrF3N5O. The number of nitrogens with one attached hydrogen (secondary N) is 1. The van der Waals surface area contributed by atoms with Crippen LogP contribution in [-0.2, 0) is 13.2 Å². The van der Waals surface area contributed by atoms with Crippen molar-refractivity contribution in [3.05, 3.63) is 56.5 Å². The van der Waals surface area contributed by atoms with Crippen molar-refractivity contribution in [2.24, 2.45) is 7.05 Å². The van der Waals surface area contributed by atoms with E-state index in [-0.39, 0.29) is 11.2 Å². The number of pyridine rings is 1. The number of rotatable bonds is 3. The molecule has 0 aliphatic rings. The average Bonchev–Trinajstić information content (AvgIpc) is 2.59. The zero-order valence-corrected chi connectivity index (χ0v) is 15.9. The molecule has 0 fully saturated rings. The zero-order chi connectivity index (χ0) is 19.9. The van der Waals surface area contributed by atoms with Gasteiger partial charge in [-0.15, -0.1) is 0 Å². The lowest BCUT2D eigenvalue weighted by Gasteiger charge is -2.19. The lowest BCUT2D eigenvalue weighted by Crippen LogP contribution is -2.19. The molecule has 3 N–H and O–H groups in total. The van der Waals surface area contributed by atoms with Gasteiger partial charge < -0.3 is 11.1 Å². The van der Waals surface area contributed by atoms with Gasteiger partial charge in [-0.2, -0.15) is 13.2 Å². The molecule has 0 spiro atoms. The van der Waals surface area contributed by atoms with Crippen LogP contribution in [0.2, 0.25) is 0 Å². The van der Waals surface area contributed by atoms with Gasteiger partial charge in [-0.05, 0) is 52.7 Å². The Labute approximate surface area is 160 Å². The summed E-state index contributed by atoms with van der Waals surface area (Å²) in [5, 5.41) is 3.62. The molecule has 1 atom stereocenters. The van der Waals surface area contributed by atoms with E-state index in [0.29, 0.717) is 26.9 Å². The second-order valence-electron chi connectivity index (χ2n) is 6.07. The van der Waals surface area contributed by atoms with Crippen LogP contribution in [0.3, 0.4) is 0 Å². The fourth-order valence-corrected chi connectivity index (χ4v) is 3.22. The Balaban J connectivity index is 2.04. The van der Waals surface area contributed by atoms with Gasteiger partial charge in [0.15, 0.2) is 0 Å². The maximum absolute atomic E-state index is 13.0. The van der Waals surface area contributed by atoms with E-state index >= 15 is 0 Å². The second kappa shape index (κ2) is 6.84. The zero-order valence-electron chi connectivity index (χ0n) is 14.3. The first kappa shape index (κ1) is 19.2. The summed E-state index contributed by atoms with van der Waals surface area (Å²) in [6.45, 7) is 1.69. The number of alkyl halides is 3. The van der Waals surface area contributed by atoms with Crippen LogP contribution >= 0.6 is 15.9 Å². The fraction of sp³-hybridized carbons (Fsp3) is 0.235. The van der Waals surface area contributed by atoms with Crippen LogP contribution in [0.5, 0.6) is 0 Å². The van der Waals surface area contributed by atoms with Gasteiger partial charge in [0.2, 0.25) is 0 Å². The molecule has 27 heavy (non-hydrogen) atoms. The van der Waals surface area contributed by atoms with Crippen molar-refractivity contribution in [1.82, 2.24) is 14.5 Å². The Kier molecular flexibility index (Phi) is 4.85. The van der Waals surface area contributed by atoms with E-state index in [1.54, 1.807) is 20.0 Å². The van der Waals surface area contributed by atoms with E-state index in [1.807, 2.05) is 0 Å². The van der Waals surface area contributed by atoms with Gasteiger partial charge in [-0.1, -0.05) is 0 Å². The molecule has 0 saturated heterocycles. The predicted octanol–water partition coefficient (Wildman–Crippen LogP) is 3.87. The van der Waals surface area contributed by atoms with Crippen molar-refractivity contribution in [2.45, 2.75) is 19.1 Å². The van der Waals surface area contributed by atoms with Crippen LogP contribution in [0.4, 0.5) is 24.7 Å². The molecule has 2 heterocycles. The normalized spacial score (nSPS) is 13.0. The van der Waals surface area contributed by atoms with E-state index in [2.05, 4.69) is 31.2 Å². The van der Waals surface area contributed by atoms with Crippen LogP contribution in [-0.4, -0.2) is 14.5 Å². The van der Waals surface area contributed by atoms with Crippen molar-refractivity contribution in [1.29, 1.82) is 0 Å². The molecule has 0 amide bonds. The monoisotopic (exact) mass is 441 g/mol. The quantitative estimate of drug-likeness (QED) is 0.602. The number of hydrogen-bond donors (Lipinski definition) is 2. The Morgan fingerprint density at radius 2 is 1.93 bits per heavy atom. The highest BCUT2D eigenvalue weighted by molar-refractivity contribution is 9.10. The maximum atomic E-state index is 13.0. The van der Waals surface area contributed by atoms with Crippen molar-refractivity contribution in [3.8, 4) is 0 Å². The topological polar surface area (TPSA) is 85.8 Å². The van der Waals surface area contributed by atoms with Gasteiger partial charge in [0.05, 0.1) is 21.5 Å². The summed E-state index contributed by atoms with van der Waals surface area (Å²) in [6.07, 6.45) is -3.21. The van der Waals surface area contributed by atoms with Gasteiger partial charge in [0.1, 0.15) is 17.8 Å². The number of nitrogen functional groups attached to an aromatic ring is 1. The highest BCUT2D eigenvalue weighted by Crippen LogP contribution is 2.33. The highest BCUT2D eigenvalue weighted by Gasteiger charge is 2.31. The largest absolute Gasteiger partial charge is 0.416 e. The average molecular weight is 442 g/mol. The molecule has 0 aliphatic heterocycles. The van der Waals surface area contributed by atoms with Crippen molar-refractivity contribution in [3.63, 3.8) is 0 Å². The Morgan fingerprint density at radius 3 is 2.59 bits per heavy atom. The molecule has 0 aliphatic carbocycles. The number of hydrogen-bond acceptors (Lipinski definition) is 5. The molecule has 2 aromatic heterocycles. The number of anilines is 2. The number of halogens is 4. The minimum atomic E-state index is -4.49. The van der Waals surface area contributed by atoms with Gasteiger partial charge in [0, 0.05) is 12.7 Å². The van der Waals surface area contributed by atoms with Crippen LogP contribution in [0, 0.1) is 0 Å². The summed E-state index contributed by atoms with van der Waals surface area (Å²) < 4.78 is 40.8. The van der Waals surface area contributed by atoms with Crippen molar-refractivity contribution < 1.29 is 13.2 Å². The lowest BCUT2D eigenvalue weighted by molar-refractivity contribution is -0.137. The summed E-state index contributed by atoms with van der Waals surface area (Å²) in [5.41, 5.74) is 5.34. The van der Waals surface area contributed by atoms with E-state index in [1.165, 1.54) is 17.0 Å². The molecule has 142 valence electrons. The molecule has 3 rings (SSSR count). The summed E-state index contributed by atoms with van der Waals surface area (Å²) in [7, 11) is 1.57. The number of benzene rings is 1. The van der Waals surface area contributed by atoms with Crippen molar-refractivity contribution >= 4 is 38.5 Å².